The van der Waals surface area contributed by atoms with Gasteiger partial charge in [-0.15, -0.1) is 0 Å². The van der Waals surface area contributed by atoms with E-state index in [4.69, 9.17) is 0 Å². The number of anilines is 1. The summed E-state index contributed by atoms with van der Waals surface area (Å²) >= 11 is 0. The third-order valence-electron chi connectivity index (χ3n) is 7.67. The van der Waals surface area contributed by atoms with Gasteiger partial charge in [0.1, 0.15) is 0 Å². The number of aryl methyl sites for hydroxylation is 3. The summed E-state index contributed by atoms with van der Waals surface area (Å²) in [7, 11) is 0. The first-order valence-electron chi connectivity index (χ1n) is 12.3. The van der Waals surface area contributed by atoms with Crippen LogP contribution in [0.3, 0.4) is 0 Å². The molecule has 0 aromatic heterocycles. The van der Waals surface area contributed by atoms with Gasteiger partial charge in [-0.3, -0.25) is 15.5 Å². The standard InChI is InChI=1S/C27H38N4/c1-18-7-8-22(19(2)15-18)17-28-23-10-12-24-21(16-23)9-11-25-26(24)29-20(3)30-27(25)31-13-5-4-6-14-31/h7-8,10,12,15-16,20,25-30H,4-6,9,11,13-14,17H2,1-3H3. The monoisotopic (exact) mass is 418 g/mol. The molecular weight excluding hydrogens is 380 g/mol. The number of nitrogens with zero attached hydrogens (tertiary/aromatic N) is 1. The molecule has 0 radical (unpaired) electrons. The van der Waals surface area contributed by atoms with Crippen molar-refractivity contribution in [2.75, 3.05) is 18.4 Å². The maximum atomic E-state index is 3.88. The quantitative estimate of drug-likeness (QED) is 0.662. The Hall–Kier alpha value is -1.88. The molecule has 2 aromatic rings. The Morgan fingerprint density at radius 2 is 1.84 bits per heavy atom. The molecule has 3 aliphatic rings. The molecule has 5 rings (SSSR count). The van der Waals surface area contributed by atoms with Gasteiger partial charge in [-0.1, -0.05) is 36.2 Å². The molecule has 0 saturated carbocycles. The molecule has 4 heteroatoms. The summed E-state index contributed by atoms with van der Waals surface area (Å²) < 4.78 is 0. The fraction of sp³-hybridized carbons (Fsp3) is 0.556. The first-order valence-corrected chi connectivity index (χ1v) is 12.3. The van der Waals surface area contributed by atoms with E-state index >= 15 is 0 Å². The summed E-state index contributed by atoms with van der Waals surface area (Å²) in [6.45, 7) is 10.0. The third kappa shape index (κ3) is 4.39. The lowest BCUT2D eigenvalue weighted by molar-refractivity contribution is 0.0204. The van der Waals surface area contributed by atoms with E-state index in [1.54, 1.807) is 0 Å². The predicted molar refractivity (Wildman–Crippen MR) is 129 cm³/mol. The summed E-state index contributed by atoms with van der Waals surface area (Å²) in [5.41, 5.74) is 8.35. The molecule has 3 N–H and O–H groups in total. The van der Waals surface area contributed by atoms with Gasteiger partial charge in [0.25, 0.3) is 0 Å². The van der Waals surface area contributed by atoms with Crippen LogP contribution in [0.5, 0.6) is 0 Å². The molecule has 0 spiro atoms. The van der Waals surface area contributed by atoms with E-state index in [1.807, 2.05) is 0 Å². The van der Waals surface area contributed by atoms with Crippen LogP contribution in [0.25, 0.3) is 0 Å². The molecule has 4 unspecified atom stereocenters. The molecule has 31 heavy (non-hydrogen) atoms. The van der Waals surface area contributed by atoms with Crippen LogP contribution in [0.2, 0.25) is 0 Å². The zero-order valence-electron chi connectivity index (χ0n) is 19.4. The van der Waals surface area contributed by atoms with Crippen LogP contribution in [-0.4, -0.2) is 30.3 Å². The number of piperidine rings is 1. The number of nitrogens with one attached hydrogen (secondary N) is 3. The van der Waals surface area contributed by atoms with E-state index in [9.17, 15) is 0 Å². The van der Waals surface area contributed by atoms with E-state index in [0.29, 0.717) is 24.3 Å². The first kappa shape index (κ1) is 21.0. The SMILES string of the molecule is Cc1ccc(CNc2ccc3c(c2)CCC2C3NC(C)NC2N2CCCCC2)c(C)c1. The second kappa shape index (κ2) is 8.93. The van der Waals surface area contributed by atoms with Crippen molar-refractivity contribution in [3.8, 4) is 0 Å². The van der Waals surface area contributed by atoms with E-state index < -0.39 is 0 Å². The molecule has 1 aliphatic carbocycles. The van der Waals surface area contributed by atoms with Crippen LogP contribution in [-0.2, 0) is 13.0 Å². The Morgan fingerprint density at radius 1 is 1.00 bits per heavy atom. The number of fused-ring (bicyclic) bond motifs is 3. The molecule has 166 valence electrons. The second-order valence-electron chi connectivity index (χ2n) is 9.97. The Bertz CT molecular complexity index is 917. The first-order chi connectivity index (χ1) is 15.1. The Morgan fingerprint density at radius 3 is 2.65 bits per heavy atom. The maximum absolute atomic E-state index is 3.88. The number of hydrogen-bond donors (Lipinski definition) is 3. The molecule has 0 amide bonds. The van der Waals surface area contributed by atoms with Gasteiger partial charge in [-0.2, -0.15) is 0 Å². The molecular formula is C27H38N4. The van der Waals surface area contributed by atoms with Crippen molar-refractivity contribution < 1.29 is 0 Å². The summed E-state index contributed by atoms with van der Waals surface area (Å²) in [6.07, 6.45) is 7.39. The van der Waals surface area contributed by atoms with Crippen molar-refractivity contribution >= 4 is 5.69 Å². The highest BCUT2D eigenvalue weighted by Crippen LogP contribution is 2.40. The molecule has 2 saturated heterocycles. The molecule has 2 heterocycles. The van der Waals surface area contributed by atoms with Crippen LogP contribution in [0.15, 0.2) is 36.4 Å². The van der Waals surface area contributed by atoms with E-state index in [0.717, 1.165) is 6.54 Å². The lowest BCUT2D eigenvalue weighted by Gasteiger charge is -2.50. The summed E-state index contributed by atoms with van der Waals surface area (Å²) in [5, 5.41) is 11.4. The highest BCUT2D eigenvalue weighted by Gasteiger charge is 2.42. The average Bonchev–Trinajstić information content (AvgIpc) is 2.78. The fourth-order valence-corrected chi connectivity index (χ4v) is 6.02. The second-order valence-corrected chi connectivity index (χ2v) is 9.97. The minimum atomic E-state index is 0.349. The highest BCUT2D eigenvalue weighted by molar-refractivity contribution is 5.51. The molecule has 2 aromatic carbocycles. The van der Waals surface area contributed by atoms with Crippen molar-refractivity contribution in [1.29, 1.82) is 0 Å². The maximum Gasteiger partial charge on any atom is 0.0656 e. The molecule has 2 aliphatic heterocycles. The van der Waals surface area contributed by atoms with Crippen LogP contribution < -0.4 is 16.0 Å². The van der Waals surface area contributed by atoms with E-state index in [-0.39, 0.29) is 0 Å². The molecule has 2 fully saturated rings. The predicted octanol–water partition coefficient (Wildman–Crippen LogP) is 4.87. The van der Waals surface area contributed by atoms with Gasteiger partial charge in [-0.25, -0.2) is 0 Å². The van der Waals surface area contributed by atoms with Crippen LogP contribution in [0.1, 0.15) is 66.5 Å². The highest BCUT2D eigenvalue weighted by atomic mass is 15.3. The Balaban J connectivity index is 1.32. The van der Waals surface area contributed by atoms with Gasteiger partial charge in [0.2, 0.25) is 0 Å². The zero-order chi connectivity index (χ0) is 21.4. The topological polar surface area (TPSA) is 39.3 Å². The minimum Gasteiger partial charge on any atom is -0.381 e. The number of likely N-dealkylation sites (tertiary alicyclic amines) is 1. The lowest BCUT2D eigenvalue weighted by atomic mass is 9.76. The fourth-order valence-electron chi connectivity index (χ4n) is 6.02. The molecule has 4 atom stereocenters. The summed E-state index contributed by atoms with van der Waals surface area (Å²) in [6, 6.07) is 14.3. The Kier molecular flexibility index (Phi) is 6.05. The van der Waals surface area contributed by atoms with Crippen molar-refractivity contribution in [3.63, 3.8) is 0 Å². The third-order valence-corrected chi connectivity index (χ3v) is 7.67. The van der Waals surface area contributed by atoms with Crippen LogP contribution in [0.4, 0.5) is 5.69 Å². The lowest BCUT2D eigenvalue weighted by Crippen LogP contribution is -2.65. The number of benzene rings is 2. The van der Waals surface area contributed by atoms with Gasteiger partial charge in [0, 0.05) is 24.2 Å². The normalized spacial score (nSPS) is 28.6. The molecule has 4 nitrogen and oxygen atoms in total. The van der Waals surface area contributed by atoms with Crippen LogP contribution in [0, 0.1) is 19.8 Å². The summed E-state index contributed by atoms with van der Waals surface area (Å²) in [4.78, 5) is 2.73. The Labute approximate surface area is 187 Å². The smallest absolute Gasteiger partial charge is 0.0656 e. The average molecular weight is 419 g/mol. The van der Waals surface area contributed by atoms with Gasteiger partial charge in [0.05, 0.1) is 12.3 Å². The van der Waals surface area contributed by atoms with Gasteiger partial charge in [-0.05, 0) is 93.9 Å². The van der Waals surface area contributed by atoms with Gasteiger partial charge >= 0.3 is 0 Å². The summed E-state index contributed by atoms with van der Waals surface area (Å²) in [5.74, 6) is 0.649. The van der Waals surface area contributed by atoms with Gasteiger partial charge < -0.3 is 5.32 Å². The van der Waals surface area contributed by atoms with E-state index in [2.05, 4.69) is 78.0 Å². The zero-order valence-corrected chi connectivity index (χ0v) is 19.4. The van der Waals surface area contributed by atoms with Crippen molar-refractivity contribution in [1.82, 2.24) is 15.5 Å². The number of hydrogen-bond acceptors (Lipinski definition) is 4. The van der Waals surface area contributed by atoms with Crippen molar-refractivity contribution in [3.05, 3.63) is 64.2 Å². The van der Waals surface area contributed by atoms with Crippen molar-refractivity contribution in [2.24, 2.45) is 5.92 Å². The molecule has 0 bridgehead atoms. The number of rotatable bonds is 4. The van der Waals surface area contributed by atoms with Crippen molar-refractivity contribution in [2.45, 2.75) is 77.8 Å². The minimum absolute atomic E-state index is 0.349. The van der Waals surface area contributed by atoms with Crippen LogP contribution >= 0.6 is 0 Å². The largest absolute Gasteiger partial charge is 0.381 e. The van der Waals surface area contributed by atoms with E-state index in [1.165, 1.54) is 78.7 Å². The van der Waals surface area contributed by atoms with Gasteiger partial charge in [0.15, 0.2) is 0 Å².